The summed E-state index contributed by atoms with van der Waals surface area (Å²) in [4.78, 5) is 10.6. The predicted molar refractivity (Wildman–Crippen MR) is 37.4 cm³/mol. The molecule has 1 rings (SSSR count). The van der Waals surface area contributed by atoms with Crippen molar-refractivity contribution in [1.29, 1.82) is 0 Å². The van der Waals surface area contributed by atoms with Crippen LogP contribution in [0.1, 0.15) is 0 Å². The smallest absolute Gasteiger partial charge is 0.319 e. The minimum absolute atomic E-state index is 0.0980. The van der Waals surface area contributed by atoms with Crippen LogP contribution in [0.4, 0.5) is 0 Å². The van der Waals surface area contributed by atoms with Crippen LogP contribution in [0.3, 0.4) is 0 Å². The summed E-state index contributed by atoms with van der Waals surface area (Å²) in [6, 6.07) is 0. The summed E-state index contributed by atoms with van der Waals surface area (Å²) in [5, 5.41) is -0.289. The Morgan fingerprint density at radius 2 is 2.56 bits per heavy atom. The Bertz CT molecular complexity index is 144. The van der Waals surface area contributed by atoms with E-state index in [-0.39, 0.29) is 17.1 Å². The Labute approximate surface area is 59.3 Å². The molecule has 0 unspecified atom stereocenters. The van der Waals surface area contributed by atoms with Crippen LogP contribution < -0.4 is 0 Å². The first-order valence-corrected chi connectivity index (χ1v) is 3.24. The quantitative estimate of drug-likeness (QED) is 0.332. The molecule has 1 fully saturated rings. The van der Waals surface area contributed by atoms with Crippen molar-refractivity contribution >= 4 is 18.6 Å². The lowest BCUT2D eigenvalue weighted by Crippen LogP contribution is -2.12. The molecule has 1 aliphatic rings. The summed E-state index contributed by atoms with van der Waals surface area (Å²) >= 11 is 4.02. The van der Waals surface area contributed by atoms with Crippen LogP contribution in [0.5, 0.6) is 0 Å². The van der Waals surface area contributed by atoms with Gasteiger partial charge in [0.1, 0.15) is 5.25 Å². The van der Waals surface area contributed by atoms with Crippen LogP contribution in [0.25, 0.3) is 0 Å². The van der Waals surface area contributed by atoms with Gasteiger partial charge in [0, 0.05) is 5.92 Å². The molecule has 9 heavy (non-hydrogen) atoms. The second kappa shape index (κ2) is 2.43. The summed E-state index contributed by atoms with van der Waals surface area (Å²) in [6.07, 6.45) is 1.70. The first-order valence-electron chi connectivity index (χ1n) is 2.73. The van der Waals surface area contributed by atoms with Gasteiger partial charge in [-0.1, -0.05) is 6.08 Å². The number of carbonyl (C=O) groups excluding carboxylic acids is 1. The molecule has 2 atom stereocenters. The molecule has 0 spiro atoms. The van der Waals surface area contributed by atoms with Crippen molar-refractivity contribution in [3.05, 3.63) is 12.7 Å². The molecule has 0 amide bonds. The van der Waals surface area contributed by atoms with Gasteiger partial charge in [0.15, 0.2) is 0 Å². The van der Waals surface area contributed by atoms with Crippen LogP contribution in [0.15, 0.2) is 12.7 Å². The monoisotopic (exact) mass is 144 g/mol. The zero-order valence-electron chi connectivity index (χ0n) is 4.91. The molecule has 0 aromatic rings. The van der Waals surface area contributed by atoms with E-state index in [1.54, 1.807) is 6.08 Å². The van der Waals surface area contributed by atoms with E-state index in [0.717, 1.165) is 0 Å². The summed E-state index contributed by atoms with van der Waals surface area (Å²) < 4.78 is 4.68. The van der Waals surface area contributed by atoms with E-state index in [1.807, 2.05) is 0 Å². The second-order valence-electron chi connectivity index (χ2n) is 1.97. The maximum absolute atomic E-state index is 10.6. The van der Waals surface area contributed by atoms with E-state index in [9.17, 15) is 4.79 Å². The number of hydrogen-bond acceptors (Lipinski definition) is 3. The minimum Gasteiger partial charge on any atom is -0.464 e. The molecule has 1 aliphatic heterocycles. The topological polar surface area (TPSA) is 26.3 Å². The lowest BCUT2D eigenvalue weighted by atomic mass is 10.1. The van der Waals surface area contributed by atoms with Crippen molar-refractivity contribution in [2.24, 2.45) is 5.92 Å². The van der Waals surface area contributed by atoms with E-state index in [2.05, 4.69) is 23.9 Å². The molecule has 0 bridgehead atoms. The molecule has 0 N–H and O–H groups in total. The highest BCUT2D eigenvalue weighted by Gasteiger charge is 2.31. The first kappa shape index (κ1) is 6.68. The highest BCUT2D eigenvalue weighted by Crippen LogP contribution is 2.20. The van der Waals surface area contributed by atoms with E-state index in [1.165, 1.54) is 0 Å². The van der Waals surface area contributed by atoms with Crippen molar-refractivity contribution in [1.82, 2.24) is 0 Å². The average molecular weight is 144 g/mol. The summed E-state index contributed by atoms with van der Waals surface area (Å²) in [6.45, 7) is 3.99. The molecular formula is C6H8O2S. The van der Waals surface area contributed by atoms with Gasteiger partial charge in [-0.15, -0.1) is 6.58 Å². The molecular weight excluding hydrogens is 136 g/mol. The molecule has 1 heterocycles. The zero-order chi connectivity index (χ0) is 6.85. The standard InChI is InChI=1S/C6H8O2S/c1-2-4-3-8-6(7)5(4)9/h2,4-5,9H,1,3H2/t4-,5+/m1/s1. The summed E-state index contributed by atoms with van der Waals surface area (Å²) in [5.41, 5.74) is 0. The van der Waals surface area contributed by atoms with Crippen molar-refractivity contribution in [2.45, 2.75) is 5.25 Å². The molecule has 0 aromatic heterocycles. The van der Waals surface area contributed by atoms with Crippen LogP contribution in [0, 0.1) is 5.92 Å². The van der Waals surface area contributed by atoms with E-state index in [4.69, 9.17) is 0 Å². The highest BCUT2D eigenvalue weighted by atomic mass is 32.1. The Kier molecular flexibility index (Phi) is 1.81. The Hall–Kier alpha value is -0.440. The van der Waals surface area contributed by atoms with Gasteiger partial charge in [0.25, 0.3) is 0 Å². The Morgan fingerprint density at radius 1 is 1.89 bits per heavy atom. The Morgan fingerprint density at radius 3 is 2.78 bits per heavy atom. The van der Waals surface area contributed by atoms with E-state index < -0.39 is 0 Å². The normalized spacial score (nSPS) is 34.1. The van der Waals surface area contributed by atoms with Gasteiger partial charge in [-0.05, 0) is 0 Å². The summed E-state index contributed by atoms with van der Waals surface area (Å²) in [5.74, 6) is -0.135. The van der Waals surface area contributed by atoms with Gasteiger partial charge < -0.3 is 4.74 Å². The van der Waals surface area contributed by atoms with Crippen molar-refractivity contribution < 1.29 is 9.53 Å². The fourth-order valence-electron chi connectivity index (χ4n) is 0.727. The van der Waals surface area contributed by atoms with Gasteiger partial charge in [0.2, 0.25) is 0 Å². The van der Waals surface area contributed by atoms with Gasteiger partial charge in [-0.3, -0.25) is 4.79 Å². The molecule has 2 nitrogen and oxygen atoms in total. The lowest BCUT2D eigenvalue weighted by Gasteiger charge is -1.99. The number of hydrogen-bond donors (Lipinski definition) is 1. The van der Waals surface area contributed by atoms with E-state index in [0.29, 0.717) is 6.61 Å². The molecule has 3 heteroatoms. The number of cyclic esters (lactones) is 1. The zero-order valence-corrected chi connectivity index (χ0v) is 5.80. The Balaban J connectivity index is 2.61. The van der Waals surface area contributed by atoms with Gasteiger partial charge in [-0.2, -0.15) is 12.6 Å². The van der Waals surface area contributed by atoms with Crippen LogP contribution in [-0.2, 0) is 9.53 Å². The number of rotatable bonds is 1. The molecule has 0 aliphatic carbocycles. The molecule has 0 saturated carbocycles. The average Bonchev–Trinajstić information content (AvgIpc) is 2.15. The number of carbonyl (C=O) groups is 1. The fraction of sp³-hybridized carbons (Fsp3) is 0.500. The molecule has 0 aromatic carbocycles. The number of esters is 1. The minimum atomic E-state index is -0.289. The molecule has 0 radical (unpaired) electrons. The van der Waals surface area contributed by atoms with Crippen molar-refractivity contribution in [3.8, 4) is 0 Å². The molecule has 1 saturated heterocycles. The largest absolute Gasteiger partial charge is 0.464 e. The van der Waals surface area contributed by atoms with Gasteiger partial charge in [-0.25, -0.2) is 0 Å². The summed E-state index contributed by atoms with van der Waals surface area (Å²) in [7, 11) is 0. The molecule has 50 valence electrons. The van der Waals surface area contributed by atoms with Gasteiger partial charge in [0.05, 0.1) is 6.61 Å². The predicted octanol–water partition coefficient (Wildman–Crippen LogP) is 0.644. The third-order valence-electron chi connectivity index (χ3n) is 1.37. The third kappa shape index (κ3) is 1.10. The van der Waals surface area contributed by atoms with Crippen LogP contribution in [-0.4, -0.2) is 17.8 Å². The first-order chi connectivity index (χ1) is 4.25. The lowest BCUT2D eigenvalue weighted by molar-refractivity contribution is -0.137. The second-order valence-corrected chi connectivity index (χ2v) is 2.53. The SMILES string of the molecule is C=C[C@@H]1COC(=O)[C@H]1S. The van der Waals surface area contributed by atoms with Gasteiger partial charge >= 0.3 is 5.97 Å². The van der Waals surface area contributed by atoms with Crippen molar-refractivity contribution in [3.63, 3.8) is 0 Å². The van der Waals surface area contributed by atoms with E-state index >= 15 is 0 Å². The fourth-order valence-corrected chi connectivity index (χ4v) is 1.01. The van der Waals surface area contributed by atoms with Crippen molar-refractivity contribution in [2.75, 3.05) is 6.61 Å². The number of thiol groups is 1. The third-order valence-corrected chi connectivity index (χ3v) is 1.96. The van der Waals surface area contributed by atoms with Crippen LogP contribution >= 0.6 is 12.6 Å². The highest BCUT2D eigenvalue weighted by molar-refractivity contribution is 7.81. The van der Waals surface area contributed by atoms with Crippen LogP contribution in [0.2, 0.25) is 0 Å². The number of ether oxygens (including phenoxy) is 1. The maximum Gasteiger partial charge on any atom is 0.319 e. The maximum atomic E-state index is 10.6.